The van der Waals surface area contributed by atoms with Gasteiger partial charge in [0.25, 0.3) is 0 Å². The van der Waals surface area contributed by atoms with E-state index in [1.807, 2.05) is 0 Å². The number of esters is 1. The summed E-state index contributed by atoms with van der Waals surface area (Å²) in [7, 11) is 0. The predicted octanol–water partition coefficient (Wildman–Crippen LogP) is 7.69. The van der Waals surface area contributed by atoms with Crippen LogP contribution in [0.1, 0.15) is 213 Å². The van der Waals surface area contributed by atoms with Gasteiger partial charge in [-0.3, -0.25) is 4.79 Å². The fourth-order valence-electron chi connectivity index (χ4n) is 8.58. The fraction of sp³-hybridized carbons (Fsp3) is 0.980. The molecule has 0 spiro atoms. The second-order valence-electron chi connectivity index (χ2n) is 18.7. The molecule has 2 heterocycles. The summed E-state index contributed by atoms with van der Waals surface area (Å²) in [6.45, 7) is 3.73. The molecule has 64 heavy (non-hydrogen) atoms. The second-order valence-corrected chi connectivity index (χ2v) is 18.7. The minimum absolute atomic E-state index is 0.0703. The van der Waals surface area contributed by atoms with Crippen LogP contribution in [0.2, 0.25) is 0 Å². The Kier molecular flexibility index (Phi) is 35.9. The molecule has 14 nitrogen and oxygen atoms in total. The number of carbonyl (C=O) groups is 1. The first kappa shape index (κ1) is 59.1. The van der Waals surface area contributed by atoms with Gasteiger partial charge in [-0.25, -0.2) is 0 Å². The van der Waals surface area contributed by atoms with E-state index in [0.29, 0.717) is 13.0 Å². The van der Waals surface area contributed by atoms with Gasteiger partial charge in [-0.15, -0.1) is 0 Å². The van der Waals surface area contributed by atoms with E-state index in [4.69, 9.17) is 28.4 Å². The van der Waals surface area contributed by atoms with Crippen molar-refractivity contribution in [2.24, 2.45) is 0 Å². The molecule has 0 aromatic rings. The number of rotatable bonds is 42. The van der Waals surface area contributed by atoms with Crippen molar-refractivity contribution in [1.29, 1.82) is 0 Å². The van der Waals surface area contributed by atoms with Crippen LogP contribution in [0.15, 0.2) is 0 Å². The van der Waals surface area contributed by atoms with E-state index in [0.717, 1.165) is 38.5 Å². The van der Waals surface area contributed by atoms with E-state index in [1.165, 1.54) is 148 Å². The summed E-state index contributed by atoms with van der Waals surface area (Å²) < 4.78 is 34.3. The zero-order valence-electron chi connectivity index (χ0n) is 40.3. The van der Waals surface area contributed by atoms with Gasteiger partial charge in [0.15, 0.2) is 12.6 Å². The number of aliphatic hydroxyl groups excluding tert-OH is 7. The number of carbonyl (C=O) groups excluding carboxylic acids is 1. The van der Waals surface area contributed by atoms with Crippen LogP contribution in [-0.4, -0.2) is 142 Å². The first-order valence-electron chi connectivity index (χ1n) is 26.1. The maximum atomic E-state index is 13.0. The summed E-state index contributed by atoms with van der Waals surface area (Å²) in [5.74, 6) is -0.371. The Bertz CT molecular complexity index is 1070. The molecule has 2 rings (SSSR count). The van der Waals surface area contributed by atoms with Crippen molar-refractivity contribution in [3.05, 3.63) is 0 Å². The van der Waals surface area contributed by atoms with E-state index < -0.39 is 80.7 Å². The maximum Gasteiger partial charge on any atom is 0.306 e. The Balaban J connectivity index is 1.75. The molecule has 2 saturated heterocycles. The smallest absolute Gasteiger partial charge is 0.306 e. The van der Waals surface area contributed by atoms with Gasteiger partial charge in [-0.1, -0.05) is 194 Å². The SMILES string of the molecule is CCCCCCCCCCCCCCCCCCCOCC(COC1OC(COC2OC(CO)C(O)C(O)C2O)C(O)C(O)C1O)OC(=O)CCCCCCCCCCCCCCC. The van der Waals surface area contributed by atoms with E-state index >= 15 is 0 Å². The molecule has 0 bridgehead atoms. The topological polar surface area (TPSA) is 214 Å². The summed E-state index contributed by atoms with van der Waals surface area (Å²) >= 11 is 0. The molecule has 2 fully saturated rings. The number of hydrogen-bond donors (Lipinski definition) is 7. The molecule has 14 heteroatoms. The van der Waals surface area contributed by atoms with Crippen LogP contribution in [0.25, 0.3) is 0 Å². The Morgan fingerprint density at radius 3 is 1.27 bits per heavy atom. The summed E-state index contributed by atoms with van der Waals surface area (Å²) in [4.78, 5) is 13.0. The third-order valence-corrected chi connectivity index (χ3v) is 12.9. The van der Waals surface area contributed by atoms with Crippen molar-refractivity contribution in [1.82, 2.24) is 0 Å². The zero-order valence-corrected chi connectivity index (χ0v) is 40.3. The highest BCUT2D eigenvalue weighted by atomic mass is 16.7. The third-order valence-electron chi connectivity index (χ3n) is 12.9. The highest BCUT2D eigenvalue weighted by molar-refractivity contribution is 5.69. The lowest BCUT2D eigenvalue weighted by Gasteiger charge is -2.42. The highest BCUT2D eigenvalue weighted by Crippen LogP contribution is 2.26. The van der Waals surface area contributed by atoms with Crippen LogP contribution in [0.3, 0.4) is 0 Å². The highest BCUT2D eigenvalue weighted by Gasteiger charge is 2.47. The van der Waals surface area contributed by atoms with Crippen molar-refractivity contribution < 1.29 is 69.0 Å². The van der Waals surface area contributed by atoms with Crippen LogP contribution in [-0.2, 0) is 33.2 Å². The van der Waals surface area contributed by atoms with Crippen molar-refractivity contribution in [3.8, 4) is 0 Å². The monoisotopic (exact) mass is 921 g/mol. The lowest BCUT2D eigenvalue weighted by molar-refractivity contribution is -0.332. The first-order chi connectivity index (χ1) is 31.1. The summed E-state index contributed by atoms with van der Waals surface area (Å²) in [6.07, 6.45) is 21.6. The summed E-state index contributed by atoms with van der Waals surface area (Å²) in [5.41, 5.74) is 0. The Morgan fingerprint density at radius 2 is 0.828 bits per heavy atom. The lowest BCUT2D eigenvalue weighted by Crippen LogP contribution is -2.61. The van der Waals surface area contributed by atoms with Crippen molar-refractivity contribution in [3.63, 3.8) is 0 Å². The first-order valence-corrected chi connectivity index (χ1v) is 26.1. The van der Waals surface area contributed by atoms with Crippen LogP contribution in [0.5, 0.6) is 0 Å². The predicted molar refractivity (Wildman–Crippen MR) is 248 cm³/mol. The average molecular weight is 921 g/mol. The Labute approximate surface area is 387 Å². The minimum atomic E-state index is -1.70. The molecule has 0 aromatic carbocycles. The molecule has 11 unspecified atom stereocenters. The van der Waals surface area contributed by atoms with Gasteiger partial charge in [0.1, 0.15) is 54.9 Å². The van der Waals surface area contributed by atoms with Gasteiger partial charge in [0.05, 0.1) is 26.4 Å². The van der Waals surface area contributed by atoms with Gasteiger partial charge in [0, 0.05) is 13.0 Å². The zero-order chi connectivity index (χ0) is 46.6. The molecule has 11 atom stereocenters. The average Bonchev–Trinajstić information content (AvgIpc) is 3.29. The molecule has 2 aliphatic rings. The molecular formula is C50H96O14. The number of ether oxygens (including phenoxy) is 6. The van der Waals surface area contributed by atoms with Gasteiger partial charge in [0.2, 0.25) is 0 Å². The number of hydrogen-bond acceptors (Lipinski definition) is 14. The minimum Gasteiger partial charge on any atom is -0.457 e. The van der Waals surface area contributed by atoms with Gasteiger partial charge in [-0.2, -0.15) is 0 Å². The molecule has 2 aliphatic heterocycles. The number of aliphatic hydroxyl groups is 7. The maximum absolute atomic E-state index is 13.0. The Morgan fingerprint density at radius 1 is 0.453 bits per heavy atom. The van der Waals surface area contributed by atoms with Crippen LogP contribution >= 0.6 is 0 Å². The van der Waals surface area contributed by atoms with Crippen molar-refractivity contribution >= 4 is 5.97 Å². The van der Waals surface area contributed by atoms with Crippen molar-refractivity contribution in [2.45, 2.75) is 280 Å². The molecule has 0 amide bonds. The van der Waals surface area contributed by atoms with Crippen LogP contribution in [0.4, 0.5) is 0 Å². The van der Waals surface area contributed by atoms with E-state index in [-0.39, 0.29) is 25.6 Å². The Hall–Kier alpha value is -1.01. The van der Waals surface area contributed by atoms with Gasteiger partial charge < -0.3 is 64.2 Å². The molecule has 380 valence electrons. The molecule has 7 N–H and O–H groups in total. The van der Waals surface area contributed by atoms with Gasteiger partial charge in [-0.05, 0) is 12.8 Å². The van der Waals surface area contributed by atoms with E-state index in [2.05, 4.69) is 13.8 Å². The fourth-order valence-corrected chi connectivity index (χ4v) is 8.58. The molecular weight excluding hydrogens is 825 g/mol. The van der Waals surface area contributed by atoms with Crippen LogP contribution in [0, 0.1) is 0 Å². The molecule has 0 aliphatic carbocycles. The normalized spacial score (nSPS) is 26.6. The largest absolute Gasteiger partial charge is 0.457 e. The lowest BCUT2D eigenvalue weighted by atomic mass is 9.98. The standard InChI is InChI=1S/C50H96O14/c1-3-5-7-9-11-13-15-17-18-19-20-22-24-26-28-30-32-34-59-36-39(62-42(52)33-31-29-27-25-23-21-16-14-12-10-8-6-4-2)37-60-49-48(58)46(56)44(54)41(64-49)38-61-50-47(57)45(55)43(53)40(35-51)63-50/h39-41,43-51,53-58H,3-38H2,1-2H3. The summed E-state index contributed by atoms with van der Waals surface area (Å²) in [5, 5.41) is 72.1. The molecule has 0 radical (unpaired) electrons. The van der Waals surface area contributed by atoms with E-state index in [1.54, 1.807) is 0 Å². The van der Waals surface area contributed by atoms with Crippen molar-refractivity contribution in [2.75, 3.05) is 33.0 Å². The molecule has 0 aromatic heterocycles. The van der Waals surface area contributed by atoms with E-state index in [9.17, 15) is 40.5 Å². The molecule has 0 saturated carbocycles. The van der Waals surface area contributed by atoms with Crippen LogP contribution < -0.4 is 0 Å². The van der Waals surface area contributed by atoms with Gasteiger partial charge >= 0.3 is 5.97 Å². The second kappa shape index (κ2) is 38.9. The number of unbranched alkanes of at least 4 members (excludes halogenated alkanes) is 28. The quantitative estimate of drug-likeness (QED) is 0.0231. The summed E-state index contributed by atoms with van der Waals surface area (Å²) in [6, 6.07) is 0. The third kappa shape index (κ3) is 26.5.